The average molecular weight is 395 g/mol. The zero-order valence-electron chi connectivity index (χ0n) is 18.0. The number of nitrogens with one attached hydrogen (secondary N) is 1. The van der Waals surface area contributed by atoms with Crippen molar-refractivity contribution in [1.82, 2.24) is 10.2 Å². The second-order valence-corrected chi connectivity index (χ2v) is 8.91. The molecule has 1 aliphatic heterocycles. The van der Waals surface area contributed by atoms with E-state index < -0.39 is 0 Å². The van der Waals surface area contributed by atoms with Crippen LogP contribution in [0.2, 0.25) is 0 Å². The van der Waals surface area contributed by atoms with E-state index in [1.54, 1.807) is 0 Å². The Labute approximate surface area is 175 Å². The van der Waals surface area contributed by atoms with Gasteiger partial charge in [-0.3, -0.25) is 4.90 Å². The van der Waals surface area contributed by atoms with E-state index in [0.29, 0.717) is 6.04 Å². The molecule has 1 aliphatic carbocycles. The molecule has 0 aromatic heterocycles. The van der Waals surface area contributed by atoms with E-state index in [1.165, 1.54) is 24.0 Å². The molecule has 2 aromatic rings. The monoisotopic (exact) mass is 394 g/mol. The fourth-order valence-electron chi connectivity index (χ4n) is 4.76. The summed E-state index contributed by atoms with van der Waals surface area (Å²) >= 11 is 0. The number of benzene rings is 2. The van der Waals surface area contributed by atoms with Gasteiger partial charge in [0.05, 0.1) is 6.10 Å². The van der Waals surface area contributed by atoms with Gasteiger partial charge < -0.3 is 14.8 Å². The molecule has 0 saturated heterocycles. The smallest absolute Gasteiger partial charge is 0.124 e. The second-order valence-electron chi connectivity index (χ2n) is 8.91. The van der Waals surface area contributed by atoms with Gasteiger partial charge in [0.15, 0.2) is 0 Å². The SMILES string of the molecule is CNC1CCC2(CC1)CN(Cc1cccc(OC(C)C)c1)Cc1ccccc1O2. The summed E-state index contributed by atoms with van der Waals surface area (Å²) in [5, 5.41) is 3.45. The van der Waals surface area contributed by atoms with Crippen LogP contribution in [-0.4, -0.2) is 36.2 Å². The lowest BCUT2D eigenvalue weighted by molar-refractivity contribution is -0.00321. The zero-order chi connectivity index (χ0) is 20.3. The summed E-state index contributed by atoms with van der Waals surface area (Å²) in [6.45, 7) is 6.93. The summed E-state index contributed by atoms with van der Waals surface area (Å²) in [6, 6.07) is 17.7. The van der Waals surface area contributed by atoms with Gasteiger partial charge in [-0.05, 0) is 70.3 Å². The molecular formula is C25H34N2O2. The van der Waals surface area contributed by atoms with Crippen molar-refractivity contribution in [1.29, 1.82) is 0 Å². The Balaban J connectivity index is 1.56. The fraction of sp³-hybridized carbons (Fsp3) is 0.520. The molecule has 4 nitrogen and oxygen atoms in total. The standard InChI is InChI=1S/C25H34N2O2/c1-19(2)28-23-9-6-7-20(15-23)16-27-17-21-8-4-5-10-24(21)29-25(18-27)13-11-22(26-3)12-14-25/h4-10,15,19,22,26H,11-14,16-18H2,1-3H3. The van der Waals surface area contributed by atoms with Gasteiger partial charge in [-0.15, -0.1) is 0 Å². The van der Waals surface area contributed by atoms with Gasteiger partial charge in [-0.1, -0.05) is 30.3 Å². The Morgan fingerprint density at radius 2 is 1.93 bits per heavy atom. The summed E-state index contributed by atoms with van der Waals surface area (Å²) in [6.07, 6.45) is 4.73. The van der Waals surface area contributed by atoms with Crippen molar-refractivity contribution in [2.75, 3.05) is 13.6 Å². The third-order valence-electron chi connectivity index (χ3n) is 6.19. The number of hydrogen-bond acceptors (Lipinski definition) is 4. The molecule has 1 N–H and O–H groups in total. The first-order chi connectivity index (χ1) is 14.0. The molecule has 4 rings (SSSR count). The predicted octanol–water partition coefficient (Wildman–Crippen LogP) is 4.77. The van der Waals surface area contributed by atoms with Crippen LogP contribution in [0.3, 0.4) is 0 Å². The van der Waals surface area contributed by atoms with Crippen LogP contribution in [0, 0.1) is 0 Å². The number of rotatable bonds is 5. The van der Waals surface area contributed by atoms with Crippen LogP contribution < -0.4 is 14.8 Å². The van der Waals surface area contributed by atoms with E-state index in [4.69, 9.17) is 9.47 Å². The quantitative estimate of drug-likeness (QED) is 0.792. The van der Waals surface area contributed by atoms with Crippen molar-refractivity contribution >= 4 is 0 Å². The fourth-order valence-corrected chi connectivity index (χ4v) is 4.76. The third-order valence-corrected chi connectivity index (χ3v) is 6.19. The van der Waals surface area contributed by atoms with Crippen LogP contribution in [-0.2, 0) is 13.1 Å². The third kappa shape index (κ3) is 4.93. The minimum Gasteiger partial charge on any atom is -0.491 e. The molecule has 0 unspecified atom stereocenters. The molecule has 2 aromatic carbocycles. The molecule has 1 saturated carbocycles. The lowest BCUT2D eigenvalue weighted by Gasteiger charge is -2.41. The minimum absolute atomic E-state index is 0.0913. The van der Waals surface area contributed by atoms with Gasteiger partial charge in [0.1, 0.15) is 17.1 Å². The first-order valence-corrected chi connectivity index (χ1v) is 11.0. The van der Waals surface area contributed by atoms with Gasteiger partial charge in [0.25, 0.3) is 0 Å². The molecule has 2 aliphatic rings. The highest BCUT2D eigenvalue weighted by Gasteiger charge is 2.40. The molecule has 1 heterocycles. The maximum atomic E-state index is 6.73. The lowest BCUT2D eigenvalue weighted by Crippen LogP contribution is -2.50. The maximum absolute atomic E-state index is 6.73. The first kappa shape index (κ1) is 20.2. The van der Waals surface area contributed by atoms with Crippen molar-refractivity contribution in [2.45, 2.75) is 70.4 Å². The Bertz CT molecular complexity index is 812. The van der Waals surface area contributed by atoms with Gasteiger partial charge in [0, 0.05) is 31.2 Å². The van der Waals surface area contributed by atoms with Crippen molar-refractivity contribution in [3.05, 3.63) is 59.7 Å². The highest BCUT2D eigenvalue weighted by atomic mass is 16.5. The number of fused-ring (bicyclic) bond motifs is 1. The van der Waals surface area contributed by atoms with Crippen LogP contribution in [0.15, 0.2) is 48.5 Å². The molecule has 4 heteroatoms. The molecule has 0 bridgehead atoms. The van der Waals surface area contributed by atoms with Gasteiger partial charge >= 0.3 is 0 Å². The number of para-hydroxylation sites is 1. The van der Waals surface area contributed by atoms with Gasteiger partial charge in [-0.2, -0.15) is 0 Å². The molecule has 1 fully saturated rings. The van der Waals surface area contributed by atoms with Crippen molar-refractivity contribution < 1.29 is 9.47 Å². The molecule has 1 spiro atoms. The molecule has 29 heavy (non-hydrogen) atoms. The minimum atomic E-state index is -0.0913. The van der Waals surface area contributed by atoms with Crippen LogP contribution >= 0.6 is 0 Å². The van der Waals surface area contributed by atoms with Crippen LogP contribution in [0.25, 0.3) is 0 Å². The Morgan fingerprint density at radius 1 is 1.14 bits per heavy atom. The summed E-state index contributed by atoms with van der Waals surface area (Å²) in [5.74, 6) is 2.02. The Kier molecular flexibility index (Phi) is 6.12. The number of hydrogen-bond donors (Lipinski definition) is 1. The Morgan fingerprint density at radius 3 is 2.69 bits per heavy atom. The van der Waals surface area contributed by atoms with Crippen LogP contribution in [0.5, 0.6) is 11.5 Å². The van der Waals surface area contributed by atoms with E-state index >= 15 is 0 Å². The zero-order valence-corrected chi connectivity index (χ0v) is 18.0. The molecular weight excluding hydrogens is 360 g/mol. The topological polar surface area (TPSA) is 33.7 Å². The number of ether oxygens (including phenoxy) is 2. The molecule has 0 amide bonds. The molecule has 0 radical (unpaired) electrons. The van der Waals surface area contributed by atoms with Gasteiger partial charge in [0.2, 0.25) is 0 Å². The van der Waals surface area contributed by atoms with E-state index in [0.717, 1.165) is 44.0 Å². The molecule has 0 atom stereocenters. The van der Waals surface area contributed by atoms with E-state index in [2.05, 4.69) is 73.6 Å². The van der Waals surface area contributed by atoms with Crippen molar-refractivity contribution in [2.24, 2.45) is 0 Å². The predicted molar refractivity (Wildman–Crippen MR) is 117 cm³/mol. The van der Waals surface area contributed by atoms with Gasteiger partial charge in [-0.25, -0.2) is 0 Å². The van der Waals surface area contributed by atoms with E-state index in [1.807, 2.05) is 6.07 Å². The first-order valence-electron chi connectivity index (χ1n) is 11.0. The van der Waals surface area contributed by atoms with E-state index in [9.17, 15) is 0 Å². The number of nitrogens with zero attached hydrogens (tertiary/aromatic N) is 1. The maximum Gasteiger partial charge on any atom is 0.124 e. The summed E-state index contributed by atoms with van der Waals surface area (Å²) < 4.78 is 12.6. The lowest BCUT2D eigenvalue weighted by atomic mass is 9.81. The average Bonchev–Trinajstić information content (AvgIpc) is 2.84. The summed E-state index contributed by atoms with van der Waals surface area (Å²) in [5.41, 5.74) is 2.49. The molecule has 156 valence electrons. The normalized spacial score (nSPS) is 24.8. The second kappa shape index (κ2) is 8.76. The highest BCUT2D eigenvalue weighted by molar-refractivity contribution is 5.35. The highest BCUT2D eigenvalue weighted by Crippen LogP contribution is 2.38. The van der Waals surface area contributed by atoms with Crippen LogP contribution in [0.4, 0.5) is 0 Å². The van der Waals surface area contributed by atoms with Crippen molar-refractivity contribution in [3.8, 4) is 11.5 Å². The van der Waals surface area contributed by atoms with E-state index in [-0.39, 0.29) is 11.7 Å². The largest absolute Gasteiger partial charge is 0.491 e. The van der Waals surface area contributed by atoms with Crippen molar-refractivity contribution in [3.63, 3.8) is 0 Å². The summed E-state index contributed by atoms with van der Waals surface area (Å²) in [7, 11) is 2.07. The summed E-state index contributed by atoms with van der Waals surface area (Å²) in [4.78, 5) is 2.56. The van der Waals surface area contributed by atoms with Crippen LogP contribution in [0.1, 0.15) is 50.7 Å². The Hall–Kier alpha value is -2.04.